The molecular weight excluding hydrogens is 534 g/mol. The number of hydrogen-bond acceptors (Lipinski definition) is 5. The maximum Gasteiger partial charge on any atom is 0.303 e. The van der Waals surface area contributed by atoms with Gasteiger partial charge in [-0.3, -0.25) is 9.78 Å². The number of alkyl halides is 1. The van der Waals surface area contributed by atoms with E-state index in [-0.39, 0.29) is 17.9 Å². The molecule has 1 aliphatic rings. The van der Waals surface area contributed by atoms with Crippen molar-refractivity contribution in [1.82, 2.24) is 9.88 Å². The van der Waals surface area contributed by atoms with Gasteiger partial charge in [0.2, 0.25) is 0 Å². The Hall–Kier alpha value is -2.06. The van der Waals surface area contributed by atoms with Gasteiger partial charge in [0.1, 0.15) is 11.9 Å². The van der Waals surface area contributed by atoms with E-state index in [1.54, 1.807) is 37.1 Å². The largest absolute Gasteiger partial charge is 0.497 e. The van der Waals surface area contributed by atoms with E-state index >= 15 is 4.39 Å². The molecule has 198 valence electrons. The number of carboxylic acids is 1. The number of fused-ring (bicyclic) bond motifs is 1. The Balaban J connectivity index is 1.38. The van der Waals surface area contributed by atoms with Crippen LogP contribution in [0.3, 0.4) is 0 Å². The molecular formula is C28H31Cl2FN2O3S. The molecule has 3 aromatic rings. The van der Waals surface area contributed by atoms with Gasteiger partial charge in [0.25, 0.3) is 0 Å². The van der Waals surface area contributed by atoms with Crippen LogP contribution in [0.1, 0.15) is 43.8 Å². The van der Waals surface area contributed by atoms with E-state index in [0.29, 0.717) is 28.6 Å². The van der Waals surface area contributed by atoms with Crippen LogP contribution < -0.4 is 4.74 Å². The average molecular weight is 566 g/mol. The second kappa shape index (κ2) is 12.7. The van der Waals surface area contributed by atoms with Gasteiger partial charge in [0, 0.05) is 39.4 Å². The van der Waals surface area contributed by atoms with Crippen molar-refractivity contribution in [3.8, 4) is 5.75 Å². The number of carbonyl (C=O) groups is 1. The van der Waals surface area contributed by atoms with Crippen molar-refractivity contribution in [2.45, 2.75) is 43.2 Å². The third-order valence-electron chi connectivity index (χ3n) is 7.24. The maximum absolute atomic E-state index is 15.7. The lowest BCUT2D eigenvalue weighted by molar-refractivity contribution is -0.141. The van der Waals surface area contributed by atoms with Gasteiger partial charge in [-0.05, 0) is 86.7 Å². The van der Waals surface area contributed by atoms with Crippen LogP contribution in [-0.2, 0) is 4.79 Å². The first kappa shape index (κ1) is 28.0. The van der Waals surface area contributed by atoms with Crippen molar-refractivity contribution < 1.29 is 19.0 Å². The Bertz CT molecular complexity index is 1220. The van der Waals surface area contributed by atoms with Crippen LogP contribution >= 0.6 is 35.0 Å². The zero-order valence-corrected chi connectivity index (χ0v) is 23.1. The first-order valence-corrected chi connectivity index (χ1v) is 14.1. The lowest BCUT2D eigenvalue weighted by atomic mass is 9.71. The third kappa shape index (κ3) is 7.29. The number of nitrogens with zero attached hydrogens (tertiary/aromatic N) is 2. The fourth-order valence-electron chi connectivity index (χ4n) is 5.10. The van der Waals surface area contributed by atoms with Crippen LogP contribution in [-0.4, -0.2) is 53.5 Å². The molecule has 5 nitrogen and oxygen atoms in total. The molecule has 4 rings (SSSR count). The summed E-state index contributed by atoms with van der Waals surface area (Å²) < 4.78 is 21.0. The molecule has 0 amide bonds. The first-order valence-electron chi connectivity index (χ1n) is 12.4. The Morgan fingerprint density at radius 2 is 1.95 bits per heavy atom. The number of aliphatic carboxylic acids is 1. The van der Waals surface area contributed by atoms with Crippen LogP contribution in [0.5, 0.6) is 5.75 Å². The van der Waals surface area contributed by atoms with E-state index in [4.69, 9.17) is 27.9 Å². The van der Waals surface area contributed by atoms with E-state index < -0.39 is 17.6 Å². The summed E-state index contributed by atoms with van der Waals surface area (Å²) >= 11 is 14.1. The molecule has 1 N–H and O–H groups in total. The highest BCUT2D eigenvalue weighted by atomic mass is 35.5. The lowest BCUT2D eigenvalue weighted by Gasteiger charge is -2.41. The average Bonchev–Trinajstić information content (AvgIpc) is 2.89. The van der Waals surface area contributed by atoms with E-state index in [1.807, 2.05) is 24.3 Å². The zero-order valence-electron chi connectivity index (χ0n) is 20.8. The number of likely N-dealkylation sites (tertiary alicyclic amines) is 1. The highest BCUT2D eigenvalue weighted by Gasteiger charge is 2.37. The number of benzene rings is 2. The summed E-state index contributed by atoms with van der Waals surface area (Å²) in [5.41, 5.74) is 0.615. The highest BCUT2D eigenvalue weighted by molar-refractivity contribution is 7.99. The van der Waals surface area contributed by atoms with Crippen LogP contribution in [0.2, 0.25) is 10.0 Å². The molecule has 2 aromatic carbocycles. The van der Waals surface area contributed by atoms with E-state index in [2.05, 4.69) is 9.88 Å². The Kier molecular flexibility index (Phi) is 9.57. The molecule has 1 atom stereocenters. The quantitative estimate of drug-likeness (QED) is 0.241. The Morgan fingerprint density at radius 3 is 2.62 bits per heavy atom. The van der Waals surface area contributed by atoms with Crippen molar-refractivity contribution in [3.05, 3.63) is 64.3 Å². The molecule has 0 saturated carbocycles. The summed E-state index contributed by atoms with van der Waals surface area (Å²) in [5, 5.41) is 11.3. The summed E-state index contributed by atoms with van der Waals surface area (Å²) in [6.45, 7) is 2.53. The summed E-state index contributed by atoms with van der Waals surface area (Å²) in [6.07, 6.45) is 2.35. The summed E-state index contributed by atoms with van der Waals surface area (Å²) in [5.74, 6) is 0.713. The predicted molar refractivity (Wildman–Crippen MR) is 149 cm³/mol. The fourth-order valence-corrected chi connectivity index (χ4v) is 6.41. The molecule has 37 heavy (non-hydrogen) atoms. The monoisotopic (exact) mass is 564 g/mol. The van der Waals surface area contributed by atoms with Crippen LogP contribution in [0.25, 0.3) is 10.9 Å². The molecule has 1 aromatic heterocycles. The molecule has 0 bridgehead atoms. The minimum absolute atomic E-state index is 0.0474. The third-order valence-corrected chi connectivity index (χ3v) is 8.79. The number of hydrogen-bond donors (Lipinski definition) is 1. The molecule has 2 heterocycles. The van der Waals surface area contributed by atoms with Gasteiger partial charge in [-0.1, -0.05) is 23.2 Å². The number of thioether (sulfide) groups is 1. The molecule has 1 saturated heterocycles. The Labute approximate surface area is 231 Å². The van der Waals surface area contributed by atoms with Crippen molar-refractivity contribution in [2.24, 2.45) is 5.41 Å². The van der Waals surface area contributed by atoms with Gasteiger partial charge in [-0.25, -0.2) is 4.39 Å². The number of pyridine rings is 1. The van der Waals surface area contributed by atoms with Gasteiger partial charge in [-0.2, -0.15) is 0 Å². The van der Waals surface area contributed by atoms with Crippen molar-refractivity contribution in [2.75, 3.05) is 32.5 Å². The number of methoxy groups -OCH3 is 1. The second-order valence-corrected chi connectivity index (χ2v) is 11.6. The van der Waals surface area contributed by atoms with Crippen molar-refractivity contribution in [1.29, 1.82) is 0 Å². The minimum atomic E-state index is -1.33. The number of halogens is 3. The minimum Gasteiger partial charge on any atom is -0.497 e. The first-order chi connectivity index (χ1) is 17.8. The second-order valence-electron chi connectivity index (χ2n) is 9.62. The lowest BCUT2D eigenvalue weighted by Crippen LogP contribution is -2.42. The summed E-state index contributed by atoms with van der Waals surface area (Å²) in [7, 11) is 1.56. The van der Waals surface area contributed by atoms with Crippen LogP contribution in [0.15, 0.2) is 53.6 Å². The molecule has 9 heteroatoms. The van der Waals surface area contributed by atoms with Crippen LogP contribution in [0.4, 0.5) is 4.39 Å². The molecule has 1 fully saturated rings. The van der Waals surface area contributed by atoms with E-state index in [0.717, 1.165) is 43.3 Å². The standard InChI is InChI=1S/C28H31Cl2FN2O3S/c1-36-20-4-7-25-22(16-20)27(23(30)18-32-25)24(31)8-9-28(17-26(34)35)10-12-33(13-11-28)14-15-37-21-5-2-19(29)3-6-21/h2-7,16,18,24H,8-15,17H2,1H3,(H,34,35)/t24-/m1/s1. The van der Waals surface area contributed by atoms with Gasteiger partial charge in [0.15, 0.2) is 0 Å². The van der Waals surface area contributed by atoms with E-state index in [1.165, 1.54) is 11.1 Å². The van der Waals surface area contributed by atoms with E-state index in [9.17, 15) is 9.90 Å². The van der Waals surface area contributed by atoms with Crippen molar-refractivity contribution >= 4 is 51.8 Å². The van der Waals surface area contributed by atoms with Gasteiger partial charge in [-0.15, -0.1) is 11.8 Å². The number of ether oxygens (including phenoxy) is 1. The maximum atomic E-state index is 15.7. The summed E-state index contributed by atoms with van der Waals surface area (Å²) in [4.78, 5) is 19.6. The topological polar surface area (TPSA) is 62.7 Å². The van der Waals surface area contributed by atoms with Gasteiger partial charge < -0.3 is 14.7 Å². The Morgan fingerprint density at radius 1 is 1.22 bits per heavy atom. The van der Waals surface area contributed by atoms with Crippen LogP contribution in [0, 0.1) is 5.41 Å². The van der Waals surface area contributed by atoms with Gasteiger partial charge >= 0.3 is 5.97 Å². The predicted octanol–water partition coefficient (Wildman–Crippen LogP) is 7.69. The van der Waals surface area contributed by atoms with Crippen molar-refractivity contribution in [3.63, 3.8) is 0 Å². The number of carboxylic acid groups (broad SMARTS) is 1. The zero-order chi connectivity index (χ0) is 26.4. The molecule has 0 aliphatic carbocycles. The number of rotatable bonds is 11. The molecule has 0 radical (unpaired) electrons. The molecule has 1 aliphatic heterocycles. The molecule has 0 spiro atoms. The highest BCUT2D eigenvalue weighted by Crippen LogP contribution is 2.44. The smallest absolute Gasteiger partial charge is 0.303 e. The normalized spacial score (nSPS) is 16.5. The summed E-state index contributed by atoms with van der Waals surface area (Å²) in [6, 6.07) is 13.1. The fraction of sp³-hybridized carbons (Fsp3) is 0.429. The SMILES string of the molecule is COc1ccc2ncc(Cl)c([C@H](F)CCC3(CC(=O)O)CCN(CCSc4ccc(Cl)cc4)CC3)c2c1. The number of piperidine rings is 1. The van der Waals surface area contributed by atoms with Gasteiger partial charge in [0.05, 0.1) is 24.1 Å². The molecule has 0 unspecified atom stereocenters. The number of aromatic nitrogens is 1.